The van der Waals surface area contributed by atoms with Gasteiger partial charge in [-0.1, -0.05) is 0 Å². The molecule has 1 saturated heterocycles. The molecule has 2 heterocycles. The first-order chi connectivity index (χ1) is 15.6. The van der Waals surface area contributed by atoms with E-state index in [2.05, 4.69) is 21.1 Å². The van der Waals surface area contributed by atoms with Crippen LogP contribution >= 0.6 is 0 Å². The summed E-state index contributed by atoms with van der Waals surface area (Å²) in [7, 11) is 0. The van der Waals surface area contributed by atoms with Gasteiger partial charge in [0.05, 0.1) is 6.04 Å². The quantitative estimate of drug-likeness (QED) is 0.539. The minimum atomic E-state index is -3.55. The number of ether oxygens (including phenoxy) is 1. The van der Waals surface area contributed by atoms with E-state index in [1.165, 1.54) is 40.0 Å². The van der Waals surface area contributed by atoms with Gasteiger partial charge in [0.1, 0.15) is 18.0 Å². The number of piperidine rings is 1. The number of likely N-dealkylation sites (tertiary alicyclic amines) is 1. The van der Waals surface area contributed by atoms with Crippen molar-refractivity contribution < 1.29 is 32.6 Å². The zero-order valence-corrected chi connectivity index (χ0v) is 17.4. The van der Waals surface area contributed by atoms with Gasteiger partial charge >= 0.3 is 12.0 Å². The molecule has 2 atom stereocenters. The predicted octanol–water partition coefficient (Wildman–Crippen LogP) is 2.13. The normalized spacial score (nSPS) is 18.5. The Morgan fingerprint density at radius 2 is 2.06 bits per heavy atom. The van der Waals surface area contributed by atoms with Crippen molar-refractivity contribution >= 4 is 23.5 Å². The molecule has 1 aromatic carbocycles. The second-order valence-corrected chi connectivity index (χ2v) is 7.51. The van der Waals surface area contributed by atoms with Crippen molar-refractivity contribution in [2.24, 2.45) is 11.7 Å². The summed E-state index contributed by atoms with van der Waals surface area (Å²) >= 11 is 0. The SMILES string of the molecule is C#C[C@@H]1CCN(C(=O)OCC(F)(F)CO)C[C@H]1n1cc(C(N)=O)c(Nc2ccc(F)cc2)n1. The van der Waals surface area contributed by atoms with Crippen LogP contribution in [0.1, 0.15) is 22.8 Å². The van der Waals surface area contributed by atoms with Gasteiger partial charge in [0.25, 0.3) is 5.91 Å². The summed E-state index contributed by atoms with van der Waals surface area (Å²) in [5, 5.41) is 15.9. The number of aromatic nitrogens is 2. The summed E-state index contributed by atoms with van der Waals surface area (Å²) in [4.78, 5) is 25.4. The number of amides is 2. The second kappa shape index (κ2) is 9.83. The van der Waals surface area contributed by atoms with E-state index < -0.39 is 43.0 Å². The average molecular weight is 465 g/mol. The largest absolute Gasteiger partial charge is 0.443 e. The van der Waals surface area contributed by atoms with Gasteiger partial charge in [0.2, 0.25) is 0 Å². The highest BCUT2D eigenvalue weighted by Crippen LogP contribution is 2.30. The first-order valence-corrected chi connectivity index (χ1v) is 9.91. The summed E-state index contributed by atoms with van der Waals surface area (Å²) in [6.45, 7) is -2.57. The first kappa shape index (κ1) is 23.9. The Morgan fingerprint density at radius 1 is 1.36 bits per heavy atom. The van der Waals surface area contributed by atoms with Crippen molar-refractivity contribution in [3.05, 3.63) is 41.8 Å². The number of nitrogens with zero attached hydrogens (tertiary/aromatic N) is 3. The molecule has 1 fully saturated rings. The molecule has 176 valence electrons. The lowest BCUT2D eigenvalue weighted by atomic mass is 9.92. The Bertz CT molecular complexity index is 1050. The van der Waals surface area contributed by atoms with Gasteiger partial charge < -0.3 is 25.8 Å². The third kappa shape index (κ3) is 5.75. The Kier molecular flexibility index (Phi) is 7.13. The fourth-order valence-corrected chi connectivity index (χ4v) is 3.37. The lowest BCUT2D eigenvalue weighted by Gasteiger charge is -2.36. The molecule has 2 amide bonds. The van der Waals surface area contributed by atoms with E-state index in [9.17, 15) is 22.8 Å². The Labute approximate surface area is 187 Å². The maximum Gasteiger partial charge on any atom is 0.410 e. The summed E-state index contributed by atoms with van der Waals surface area (Å²) < 4.78 is 45.6. The molecule has 3 rings (SSSR count). The second-order valence-electron chi connectivity index (χ2n) is 7.51. The van der Waals surface area contributed by atoms with Crippen LogP contribution in [-0.2, 0) is 4.74 Å². The maximum atomic E-state index is 13.2. The number of anilines is 2. The molecule has 1 aromatic heterocycles. The molecule has 0 bridgehead atoms. The summed E-state index contributed by atoms with van der Waals surface area (Å²) in [6.07, 6.45) is 6.35. The van der Waals surface area contributed by atoms with Crippen LogP contribution in [0.15, 0.2) is 30.5 Å². The topological polar surface area (TPSA) is 123 Å². The molecule has 0 spiro atoms. The van der Waals surface area contributed by atoms with Crippen LogP contribution in [0.4, 0.5) is 29.5 Å². The zero-order valence-electron chi connectivity index (χ0n) is 17.4. The minimum Gasteiger partial charge on any atom is -0.443 e. The Hall–Kier alpha value is -3.72. The monoisotopic (exact) mass is 465 g/mol. The number of benzene rings is 1. The van der Waals surface area contributed by atoms with Gasteiger partial charge in [-0.05, 0) is 30.7 Å². The van der Waals surface area contributed by atoms with E-state index in [1.807, 2.05) is 0 Å². The smallest absolute Gasteiger partial charge is 0.410 e. The van der Waals surface area contributed by atoms with Gasteiger partial charge in [0, 0.05) is 30.9 Å². The molecule has 2 aromatic rings. The maximum absolute atomic E-state index is 13.2. The predicted molar refractivity (Wildman–Crippen MR) is 111 cm³/mol. The third-order valence-electron chi connectivity index (χ3n) is 5.14. The fourth-order valence-electron chi connectivity index (χ4n) is 3.37. The number of hydrogen-bond acceptors (Lipinski definition) is 6. The Morgan fingerprint density at radius 3 is 2.67 bits per heavy atom. The van der Waals surface area contributed by atoms with Crippen LogP contribution in [0, 0.1) is 24.1 Å². The number of rotatable bonds is 7. The van der Waals surface area contributed by atoms with E-state index in [-0.39, 0.29) is 30.4 Å². The lowest BCUT2D eigenvalue weighted by molar-refractivity contribution is -0.0942. The molecule has 0 aliphatic carbocycles. The van der Waals surface area contributed by atoms with Gasteiger partial charge in [-0.15, -0.1) is 12.3 Å². The number of carbonyl (C=O) groups excluding carboxylic acids is 2. The van der Waals surface area contributed by atoms with Crippen LogP contribution in [0.5, 0.6) is 0 Å². The van der Waals surface area contributed by atoms with E-state index in [0.717, 1.165) is 0 Å². The number of primary amides is 1. The van der Waals surface area contributed by atoms with Gasteiger partial charge in [-0.3, -0.25) is 9.48 Å². The highest BCUT2D eigenvalue weighted by Gasteiger charge is 2.36. The van der Waals surface area contributed by atoms with Crippen LogP contribution in [-0.4, -0.2) is 64.0 Å². The molecule has 12 heteroatoms. The highest BCUT2D eigenvalue weighted by atomic mass is 19.3. The number of carbonyl (C=O) groups is 2. The molecule has 1 aliphatic rings. The lowest BCUT2D eigenvalue weighted by Crippen LogP contribution is -2.45. The molecule has 4 N–H and O–H groups in total. The number of nitrogens with two attached hydrogens (primary N) is 1. The van der Waals surface area contributed by atoms with Gasteiger partial charge in [-0.25, -0.2) is 18.0 Å². The summed E-state index contributed by atoms with van der Waals surface area (Å²) in [5.41, 5.74) is 5.96. The highest BCUT2D eigenvalue weighted by molar-refractivity contribution is 5.98. The van der Waals surface area contributed by atoms with Crippen LogP contribution in [0.25, 0.3) is 0 Å². The molecule has 33 heavy (non-hydrogen) atoms. The van der Waals surface area contributed by atoms with Gasteiger partial charge in [-0.2, -0.15) is 5.10 Å². The zero-order chi connectivity index (χ0) is 24.2. The van der Waals surface area contributed by atoms with E-state index in [1.54, 1.807) is 0 Å². The standard InChI is InChI=1S/C21H22F3N5O4/c1-2-13-7-8-28(20(32)33-12-21(23,24)11-30)10-17(13)29-9-16(18(25)31)19(27-29)26-15-5-3-14(22)4-6-15/h1,3-6,9,13,17,30H,7-8,10-12H2,(H2,25,31)(H,26,27)/t13-,17-/m1/s1. The average Bonchev–Trinajstić information content (AvgIpc) is 3.22. The number of nitrogens with one attached hydrogen (secondary N) is 1. The van der Waals surface area contributed by atoms with Crippen LogP contribution in [0.2, 0.25) is 0 Å². The Balaban J connectivity index is 1.81. The van der Waals surface area contributed by atoms with Crippen LogP contribution in [0.3, 0.4) is 0 Å². The molecule has 1 aliphatic heterocycles. The number of terminal acetylenes is 1. The molecule has 0 saturated carbocycles. The van der Waals surface area contributed by atoms with Gasteiger partial charge in [0.15, 0.2) is 12.4 Å². The number of aliphatic hydroxyl groups is 1. The number of alkyl halides is 2. The third-order valence-corrected chi connectivity index (χ3v) is 5.14. The van der Waals surface area contributed by atoms with Crippen LogP contribution < -0.4 is 11.1 Å². The number of halogens is 3. The molecule has 0 unspecified atom stereocenters. The first-order valence-electron chi connectivity index (χ1n) is 9.91. The van der Waals surface area contributed by atoms with E-state index >= 15 is 0 Å². The minimum absolute atomic E-state index is 0.0196. The van der Waals surface area contributed by atoms with Crippen molar-refractivity contribution in [2.45, 2.75) is 18.4 Å². The number of aliphatic hydroxyl groups excluding tert-OH is 1. The van der Waals surface area contributed by atoms with Crippen molar-refractivity contribution in [1.29, 1.82) is 0 Å². The summed E-state index contributed by atoms with van der Waals surface area (Å²) in [5.74, 6) is -2.43. The molecular weight excluding hydrogens is 443 g/mol. The van der Waals surface area contributed by atoms with Crippen molar-refractivity contribution in [3.8, 4) is 12.3 Å². The van der Waals surface area contributed by atoms with E-state index in [4.69, 9.17) is 17.3 Å². The fraction of sp³-hybridized carbons (Fsp3) is 0.381. The molecule has 9 nitrogen and oxygen atoms in total. The van der Waals surface area contributed by atoms with Crippen molar-refractivity contribution in [2.75, 3.05) is 31.6 Å². The molecule has 0 radical (unpaired) electrons. The molecular formula is C21H22F3N5O4. The number of hydrogen-bond donors (Lipinski definition) is 3. The van der Waals surface area contributed by atoms with Crippen molar-refractivity contribution in [1.82, 2.24) is 14.7 Å². The van der Waals surface area contributed by atoms with E-state index in [0.29, 0.717) is 12.1 Å². The summed E-state index contributed by atoms with van der Waals surface area (Å²) in [6, 6.07) is 4.75. The van der Waals surface area contributed by atoms with Crippen molar-refractivity contribution in [3.63, 3.8) is 0 Å².